The summed E-state index contributed by atoms with van der Waals surface area (Å²) in [5.41, 5.74) is 3.96. The number of nitrogens with one attached hydrogen (secondary N) is 1. The molecule has 0 saturated carbocycles. The minimum absolute atomic E-state index is 0.364. The highest BCUT2D eigenvalue weighted by molar-refractivity contribution is 6.41. The highest BCUT2D eigenvalue weighted by Crippen LogP contribution is 2.34. The van der Waals surface area contributed by atoms with Crippen LogP contribution in [0, 0.1) is 0 Å². The maximum absolute atomic E-state index is 6.17. The van der Waals surface area contributed by atoms with Crippen LogP contribution in [-0.4, -0.2) is 6.21 Å². The van der Waals surface area contributed by atoms with E-state index in [2.05, 4.69) is 10.5 Å². The molecule has 2 aromatic carbocycles. The van der Waals surface area contributed by atoms with Crippen LogP contribution in [0.3, 0.4) is 0 Å². The van der Waals surface area contributed by atoms with Gasteiger partial charge in [0.05, 0.1) is 27.0 Å². The lowest BCUT2D eigenvalue weighted by atomic mass is 10.2. The molecule has 0 spiro atoms. The van der Waals surface area contributed by atoms with Gasteiger partial charge in [-0.15, -0.1) is 0 Å². The van der Waals surface area contributed by atoms with Gasteiger partial charge >= 0.3 is 0 Å². The summed E-state index contributed by atoms with van der Waals surface area (Å²) in [5, 5.41) is 6.30. The predicted octanol–water partition coefficient (Wildman–Crippen LogP) is 7.66. The van der Waals surface area contributed by atoms with Gasteiger partial charge in [0.1, 0.15) is 11.5 Å². The first-order valence-electron chi connectivity index (χ1n) is 6.93. The Bertz CT molecular complexity index is 929. The van der Waals surface area contributed by atoms with Gasteiger partial charge in [-0.3, -0.25) is 5.43 Å². The highest BCUT2D eigenvalue weighted by Gasteiger charge is 2.09. The van der Waals surface area contributed by atoms with Gasteiger partial charge in [-0.2, -0.15) is 5.10 Å². The van der Waals surface area contributed by atoms with E-state index < -0.39 is 0 Å². The van der Waals surface area contributed by atoms with Gasteiger partial charge in [0.15, 0.2) is 0 Å². The van der Waals surface area contributed by atoms with Crippen molar-refractivity contribution in [2.75, 3.05) is 5.43 Å². The number of hydrazone groups is 1. The summed E-state index contributed by atoms with van der Waals surface area (Å²) in [6, 6.07) is 11.9. The molecule has 1 heterocycles. The average Bonchev–Trinajstić information content (AvgIpc) is 2.98. The Morgan fingerprint density at radius 1 is 0.800 bits per heavy atom. The van der Waals surface area contributed by atoms with Crippen LogP contribution in [0.2, 0.25) is 25.1 Å². The number of rotatable bonds is 4. The molecule has 1 N–H and O–H groups in total. The number of hydrogen-bond acceptors (Lipinski definition) is 3. The van der Waals surface area contributed by atoms with E-state index in [-0.39, 0.29) is 0 Å². The van der Waals surface area contributed by atoms with Crippen molar-refractivity contribution in [2.45, 2.75) is 0 Å². The molecule has 128 valence electrons. The molecule has 0 aliphatic carbocycles. The zero-order valence-electron chi connectivity index (χ0n) is 12.4. The van der Waals surface area contributed by atoms with E-state index in [1.807, 2.05) is 0 Å². The van der Waals surface area contributed by atoms with Gasteiger partial charge in [0.2, 0.25) is 0 Å². The number of nitrogens with zero attached hydrogens (tertiary/aromatic N) is 1. The molecule has 1 aromatic heterocycles. The fourth-order valence-electron chi connectivity index (χ4n) is 2.07. The second-order valence-electron chi connectivity index (χ2n) is 4.94. The molecular formula is C17H9Cl5N2O. The number of benzene rings is 2. The average molecular weight is 435 g/mol. The molecule has 3 rings (SSSR count). The maximum atomic E-state index is 6.17. The molecule has 25 heavy (non-hydrogen) atoms. The van der Waals surface area contributed by atoms with Crippen LogP contribution in [0.4, 0.5) is 5.69 Å². The van der Waals surface area contributed by atoms with E-state index in [1.165, 1.54) is 6.21 Å². The fourth-order valence-corrected chi connectivity index (χ4v) is 3.47. The maximum Gasteiger partial charge on any atom is 0.147 e. The Morgan fingerprint density at radius 2 is 1.48 bits per heavy atom. The first-order valence-corrected chi connectivity index (χ1v) is 8.82. The molecule has 0 atom stereocenters. The van der Waals surface area contributed by atoms with Crippen molar-refractivity contribution in [3.63, 3.8) is 0 Å². The van der Waals surface area contributed by atoms with E-state index in [1.54, 1.807) is 42.5 Å². The lowest BCUT2D eigenvalue weighted by Crippen LogP contribution is -1.92. The molecule has 8 heteroatoms. The Kier molecular flexibility index (Phi) is 5.82. The lowest BCUT2D eigenvalue weighted by molar-refractivity contribution is 0.575. The second-order valence-corrected chi connectivity index (χ2v) is 7.04. The Hall–Kier alpha value is -1.36. The zero-order chi connectivity index (χ0) is 18.0. The van der Waals surface area contributed by atoms with Crippen LogP contribution in [0.25, 0.3) is 11.3 Å². The van der Waals surface area contributed by atoms with Crippen LogP contribution in [0.1, 0.15) is 5.76 Å². The largest absolute Gasteiger partial charge is 0.455 e. The van der Waals surface area contributed by atoms with Gasteiger partial charge in [-0.05, 0) is 42.5 Å². The molecule has 0 unspecified atom stereocenters. The van der Waals surface area contributed by atoms with Gasteiger partial charge < -0.3 is 4.42 Å². The SMILES string of the molecule is Clc1ccc(-c2ccc(/C=N\Nc3c(Cl)cc(Cl)cc3Cl)o2)c(Cl)c1. The van der Waals surface area contributed by atoms with Crippen molar-refractivity contribution in [3.8, 4) is 11.3 Å². The second kappa shape index (κ2) is 7.90. The number of hydrogen-bond donors (Lipinski definition) is 1. The first-order chi connectivity index (χ1) is 11.9. The van der Waals surface area contributed by atoms with E-state index in [0.29, 0.717) is 42.3 Å². The van der Waals surface area contributed by atoms with Gasteiger partial charge in [-0.25, -0.2) is 0 Å². The van der Waals surface area contributed by atoms with Crippen molar-refractivity contribution in [2.24, 2.45) is 5.10 Å². The fraction of sp³-hybridized carbons (Fsp3) is 0. The van der Waals surface area contributed by atoms with Crippen LogP contribution in [0.15, 0.2) is 52.0 Å². The summed E-state index contributed by atoms with van der Waals surface area (Å²) in [6.07, 6.45) is 1.49. The van der Waals surface area contributed by atoms with Crippen LogP contribution >= 0.6 is 58.0 Å². The van der Waals surface area contributed by atoms with Gasteiger partial charge in [-0.1, -0.05) is 58.0 Å². The third kappa shape index (κ3) is 4.43. The van der Waals surface area contributed by atoms with Crippen molar-refractivity contribution < 1.29 is 4.42 Å². The minimum Gasteiger partial charge on any atom is -0.455 e. The molecule has 3 nitrogen and oxygen atoms in total. The van der Waals surface area contributed by atoms with Crippen molar-refractivity contribution in [1.82, 2.24) is 0 Å². The summed E-state index contributed by atoms with van der Waals surface area (Å²) in [6.45, 7) is 0. The summed E-state index contributed by atoms with van der Waals surface area (Å²) in [7, 11) is 0. The van der Waals surface area contributed by atoms with Crippen LogP contribution < -0.4 is 5.43 Å². The smallest absolute Gasteiger partial charge is 0.147 e. The number of furan rings is 1. The van der Waals surface area contributed by atoms with E-state index >= 15 is 0 Å². The van der Waals surface area contributed by atoms with Crippen molar-refractivity contribution >= 4 is 69.9 Å². The summed E-state index contributed by atoms with van der Waals surface area (Å²) in [5.74, 6) is 1.13. The normalized spacial score (nSPS) is 11.2. The molecule has 0 amide bonds. The minimum atomic E-state index is 0.364. The molecular weight excluding hydrogens is 425 g/mol. The summed E-state index contributed by atoms with van der Waals surface area (Å²) < 4.78 is 5.70. The van der Waals surface area contributed by atoms with Gasteiger partial charge in [0.25, 0.3) is 0 Å². The third-order valence-corrected chi connectivity index (χ3v) is 4.56. The molecule has 0 fully saturated rings. The van der Waals surface area contributed by atoms with E-state index in [0.717, 1.165) is 5.56 Å². The lowest BCUT2D eigenvalue weighted by Gasteiger charge is -2.06. The molecule has 0 aliphatic rings. The standard InChI is InChI=1S/C17H9Cl5N2O/c18-9-1-3-12(13(20)5-9)16-4-2-11(25-16)8-23-24-17-14(21)6-10(19)7-15(17)22/h1-8,24H/b23-8-. The van der Waals surface area contributed by atoms with Crippen molar-refractivity contribution in [1.29, 1.82) is 0 Å². The Labute approximate surface area is 169 Å². The predicted molar refractivity (Wildman–Crippen MR) is 107 cm³/mol. The number of anilines is 1. The molecule has 3 aromatic rings. The van der Waals surface area contributed by atoms with E-state index in [4.69, 9.17) is 62.4 Å². The molecule has 0 saturated heterocycles. The number of halogens is 5. The Morgan fingerprint density at radius 3 is 2.16 bits per heavy atom. The first kappa shape index (κ1) is 18.4. The van der Waals surface area contributed by atoms with Gasteiger partial charge in [0, 0.05) is 15.6 Å². The molecule has 0 aliphatic heterocycles. The van der Waals surface area contributed by atoms with Crippen LogP contribution in [-0.2, 0) is 0 Å². The van der Waals surface area contributed by atoms with E-state index in [9.17, 15) is 0 Å². The topological polar surface area (TPSA) is 37.5 Å². The molecule has 0 radical (unpaired) electrons. The Balaban J connectivity index is 1.77. The summed E-state index contributed by atoms with van der Waals surface area (Å²) in [4.78, 5) is 0. The zero-order valence-corrected chi connectivity index (χ0v) is 16.1. The third-order valence-electron chi connectivity index (χ3n) is 3.20. The van der Waals surface area contributed by atoms with Crippen molar-refractivity contribution in [3.05, 3.63) is 73.3 Å². The van der Waals surface area contributed by atoms with Crippen LogP contribution in [0.5, 0.6) is 0 Å². The quantitative estimate of drug-likeness (QED) is 0.338. The highest BCUT2D eigenvalue weighted by atomic mass is 35.5. The molecule has 0 bridgehead atoms. The summed E-state index contributed by atoms with van der Waals surface area (Å²) >= 11 is 30.1. The monoisotopic (exact) mass is 432 g/mol.